The molecule has 32 heavy (non-hydrogen) atoms. The molecule has 2 aromatic carbocycles. The van der Waals surface area contributed by atoms with E-state index in [-0.39, 0.29) is 115 Å². The summed E-state index contributed by atoms with van der Waals surface area (Å²) in [5.41, 5.74) is 1.30. The van der Waals surface area contributed by atoms with Gasteiger partial charge in [-0.3, -0.25) is 0 Å². The average molecular weight is 489 g/mol. The Balaban J connectivity index is 0.000000490. The van der Waals surface area contributed by atoms with Gasteiger partial charge >= 0.3 is 103 Å². The van der Waals surface area contributed by atoms with E-state index in [0.29, 0.717) is 24.3 Å². The van der Waals surface area contributed by atoms with E-state index in [4.69, 9.17) is 44.5 Å². The summed E-state index contributed by atoms with van der Waals surface area (Å²) in [6.45, 7) is 2.81. The minimum atomic E-state index is -2.33. The van der Waals surface area contributed by atoms with Gasteiger partial charge in [-0.25, -0.2) is 0 Å². The van der Waals surface area contributed by atoms with Crippen molar-refractivity contribution in [2.24, 2.45) is 0 Å². The molecule has 2 heterocycles. The molecule has 0 spiro atoms. The van der Waals surface area contributed by atoms with E-state index in [1.165, 1.54) is 0 Å². The maximum atomic E-state index is 8.55. The van der Waals surface area contributed by atoms with Crippen LogP contribution in [-0.4, -0.2) is 44.8 Å². The standard InChI is InChI=1S/2C10H9NO2.CH2O3.2K/c2*11-5-8-1-3-9(4-2-8)12-6-10-7-13-10;2-1(3)4;;/h2*1-4,10H,6-7H2;(H2,2,3,4);;/q;;;2*+1/p-2. The van der Waals surface area contributed by atoms with Gasteiger partial charge in [-0.15, -0.1) is 0 Å². The van der Waals surface area contributed by atoms with Crippen molar-refractivity contribution in [3.05, 3.63) is 59.7 Å². The number of hydrogen-bond acceptors (Lipinski definition) is 9. The molecule has 9 nitrogen and oxygen atoms in total. The minimum Gasteiger partial charge on any atom is -0.652 e. The summed E-state index contributed by atoms with van der Waals surface area (Å²) >= 11 is 0. The topological polar surface area (TPSA) is 154 Å². The van der Waals surface area contributed by atoms with Crippen LogP contribution in [0.4, 0.5) is 4.79 Å². The number of hydrogen-bond donors (Lipinski definition) is 0. The number of carbonyl (C=O) groups excluding carboxylic acids is 1. The van der Waals surface area contributed by atoms with Gasteiger partial charge < -0.3 is 34.0 Å². The van der Waals surface area contributed by atoms with Crippen LogP contribution >= 0.6 is 0 Å². The quantitative estimate of drug-likeness (QED) is 0.286. The molecule has 2 unspecified atom stereocenters. The molecule has 2 aliphatic heterocycles. The zero-order chi connectivity index (χ0) is 21.8. The van der Waals surface area contributed by atoms with Crippen molar-refractivity contribution in [3.8, 4) is 23.6 Å². The van der Waals surface area contributed by atoms with Crippen LogP contribution in [0.25, 0.3) is 0 Å². The summed E-state index contributed by atoms with van der Waals surface area (Å²) in [6, 6.07) is 18.2. The third-order valence-electron chi connectivity index (χ3n) is 3.64. The van der Waals surface area contributed by atoms with E-state index < -0.39 is 6.16 Å². The molecular weight excluding hydrogens is 470 g/mol. The van der Waals surface area contributed by atoms with E-state index in [1.54, 1.807) is 48.5 Å². The van der Waals surface area contributed by atoms with Crippen molar-refractivity contribution < 1.29 is 137 Å². The summed E-state index contributed by atoms with van der Waals surface area (Å²) in [4.78, 5) is 8.33. The van der Waals surface area contributed by atoms with Crippen LogP contribution < -0.4 is 122 Å². The predicted octanol–water partition coefficient (Wildman–Crippen LogP) is -5.77. The van der Waals surface area contributed by atoms with E-state index in [2.05, 4.69) is 12.1 Å². The molecule has 0 aromatic heterocycles. The third kappa shape index (κ3) is 15.3. The van der Waals surface area contributed by atoms with E-state index >= 15 is 0 Å². The Morgan fingerprint density at radius 2 is 1.09 bits per heavy atom. The van der Waals surface area contributed by atoms with Crippen LogP contribution in [0.1, 0.15) is 11.1 Å². The number of carboxylic acid groups (broad SMARTS) is 2. The summed E-state index contributed by atoms with van der Waals surface area (Å²) in [6.07, 6.45) is -1.79. The molecular formula is C21H18K2N2O7. The van der Waals surface area contributed by atoms with Crippen LogP contribution in [0.2, 0.25) is 0 Å². The first-order valence-electron chi connectivity index (χ1n) is 8.87. The molecule has 0 aliphatic carbocycles. The van der Waals surface area contributed by atoms with E-state index in [9.17, 15) is 0 Å². The molecule has 4 rings (SSSR count). The SMILES string of the molecule is N#Cc1ccc(OCC2CO2)cc1.N#Cc1ccc(OCC2CO2)cc1.O=C([O-])[O-].[K+].[K+]. The number of epoxide rings is 2. The van der Waals surface area contributed by atoms with Crippen molar-refractivity contribution in [2.45, 2.75) is 12.2 Å². The van der Waals surface area contributed by atoms with Gasteiger partial charge in [0.25, 0.3) is 0 Å². The molecule has 0 saturated carbocycles. The van der Waals surface area contributed by atoms with Crippen molar-refractivity contribution in [3.63, 3.8) is 0 Å². The van der Waals surface area contributed by atoms with Gasteiger partial charge in [0.2, 0.25) is 0 Å². The number of nitriles is 2. The fourth-order valence-electron chi connectivity index (χ4n) is 1.96. The summed E-state index contributed by atoms with van der Waals surface area (Å²) in [7, 11) is 0. The number of benzene rings is 2. The summed E-state index contributed by atoms with van der Waals surface area (Å²) in [5.74, 6) is 1.57. The number of nitrogens with zero attached hydrogens (tertiary/aromatic N) is 2. The molecule has 2 atom stereocenters. The molecule has 2 fully saturated rings. The molecule has 156 valence electrons. The molecule has 0 bridgehead atoms. The predicted molar refractivity (Wildman–Crippen MR) is 98.2 cm³/mol. The fourth-order valence-corrected chi connectivity index (χ4v) is 1.96. The van der Waals surface area contributed by atoms with E-state index in [0.717, 1.165) is 24.7 Å². The third-order valence-corrected chi connectivity index (χ3v) is 3.64. The molecule has 11 heteroatoms. The summed E-state index contributed by atoms with van der Waals surface area (Å²) in [5, 5.41) is 33.8. The molecule has 2 aromatic rings. The Hall–Kier alpha value is -0.517. The number of ether oxygens (including phenoxy) is 4. The zero-order valence-electron chi connectivity index (χ0n) is 17.9. The van der Waals surface area contributed by atoms with Gasteiger partial charge in [0.05, 0.1) is 36.5 Å². The van der Waals surface area contributed by atoms with Gasteiger partial charge in [-0.05, 0) is 54.7 Å². The first-order valence-corrected chi connectivity index (χ1v) is 8.87. The van der Waals surface area contributed by atoms with Gasteiger partial charge in [-0.2, -0.15) is 10.5 Å². The van der Waals surface area contributed by atoms with Crippen LogP contribution in [0.3, 0.4) is 0 Å². The van der Waals surface area contributed by atoms with Crippen LogP contribution in [0, 0.1) is 22.7 Å². The van der Waals surface area contributed by atoms with Crippen LogP contribution in [0.15, 0.2) is 48.5 Å². The maximum Gasteiger partial charge on any atom is 1.00 e. The fraction of sp³-hybridized carbons (Fsp3) is 0.286. The Labute approximate surface area is 271 Å². The summed E-state index contributed by atoms with van der Waals surface area (Å²) < 4.78 is 20.8. The minimum absolute atomic E-state index is 0. The number of rotatable bonds is 6. The number of carbonyl (C=O) groups is 1. The van der Waals surface area contributed by atoms with Gasteiger partial charge in [-0.1, -0.05) is 0 Å². The largest absolute Gasteiger partial charge is 1.00 e. The second kappa shape index (κ2) is 17.9. The second-order valence-electron chi connectivity index (χ2n) is 6.06. The Kier molecular flexibility index (Phi) is 17.6. The van der Waals surface area contributed by atoms with Crippen molar-refractivity contribution in [1.29, 1.82) is 10.5 Å². The molecule has 0 radical (unpaired) electrons. The average Bonchev–Trinajstić information content (AvgIpc) is 3.66. The van der Waals surface area contributed by atoms with Gasteiger partial charge in [0.1, 0.15) is 36.9 Å². The maximum absolute atomic E-state index is 8.55. The monoisotopic (exact) mass is 488 g/mol. The van der Waals surface area contributed by atoms with Crippen LogP contribution in [-0.2, 0) is 9.47 Å². The van der Waals surface area contributed by atoms with E-state index in [1.807, 2.05) is 0 Å². The van der Waals surface area contributed by atoms with Crippen LogP contribution in [0.5, 0.6) is 11.5 Å². The first kappa shape index (κ1) is 31.5. The van der Waals surface area contributed by atoms with Crippen molar-refractivity contribution in [2.75, 3.05) is 26.4 Å². The smallest absolute Gasteiger partial charge is 0.652 e. The Morgan fingerprint density at radius 1 is 0.812 bits per heavy atom. The van der Waals surface area contributed by atoms with Gasteiger partial charge in [0.15, 0.2) is 0 Å². The molecule has 0 amide bonds. The van der Waals surface area contributed by atoms with Crippen molar-refractivity contribution >= 4 is 6.16 Å². The normalized spacial score (nSPS) is 16.3. The zero-order valence-corrected chi connectivity index (χ0v) is 24.1. The molecule has 2 aliphatic rings. The van der Waals surface area contributed by atoms with Gasteiger partial charge in [0, 0.05) is 0 Å². The first-order chi connectivity index (χ1) is 14.5. The Bertz CT molecular complexity index is 815. The molecule has 0 N–H and O–H groups in total. The van der Waals surface area contributed by atoms with Crippen molar-refractivity contribution in [1.82, 2.24) is 0 Å². The second-order valence-corrected chi connectivity index (χ2v) is 6.06. The Morgan fingerprint density at radius 3 is 1.31 bits per heavy atom. The molecule has 2 saturated heterocycles.